The van der Waals surface area contributed by atoms with Gasteiger partial charge in [0.1, 0.15) is 0 Å². The topological polar surface area (TPSA) is 44.2 Å². The number of anilines is 1. The van der Waals surface area contributed by atoms with Crippen molar-refractivity contribution >= 4 is 15.4 Å². The molecule has 0 amide bonds. The molecular formula is C13H18N2OS. The zero-order chi connectivity index (χ0) is 12.5. The summed E-state index contributed by atoms with van der Waals surface area (Å²) in [5, 5.41) is 0. The lowest BCUT2D eigenvalue weighted by atomic mass is 10.2. The van der Waals surface area contributed by atoms with Crippen molar-refractivity contribution in [2.24, 2.45) is 0 Å². The van der Waals surface area contributed by atoms with Gasteiger partial charge in [-0.2, -0.15) is 0 Å². The first-order valence-corrected chi connectivity index (χ1v) is 7.48. The van der Waals surface area contributed by atoms with Gasteiger partial charge in [0.05, 0.1) is 26.1 Å². The minimum Gasteiger partial charge on any atom is -0.369 e. The Labute approximate surface area is 103 Å². The number of para-hydroxylation sites is 1. The Kier molecular flexibility index (Phi) is 3.24. The van der Waals surface area contributed by atoms with Crippen LogP contribution in [0.5, 0.6) is 0 Å². The molecule has 0 fully saturated rings. The lowest BCUT2D eigenvalue weighted by molar-refractivity contribution is 0.665. The van der Waals surface area contributed by atoms with E-state index < -0.39 is 9.73 Å². The summed E-state index contributed by atoms with van der Waals surface area (Å²) < 4.78 is 20.0. The Balaban J connectivity index is 2.32. The van der Waals surface area contributed by atoms with Crippen molar-refractivity contribution in [2.75, 3.05) is 23.7 Å². The van der Waals surface area contributed by atoms with E-state index in [0.717, 1.165) is 24.2 Å². The van der Waals surface area contributed by atoms with Gasteiger partial charge in [-0.05, 0) is 25.5 Å². The molecule has 0 aromatic heterocycles. The Morgan fingerprint density at radius 2 is 2.24 bits per heavy atom. The van der Waals surface area contributed by atoms with E-state index in [-0.39, 0.29) is 0 Å². The van der Waals surface area contributed by atoms with Gasteiger partial charge in [-0.15, -0.1) is 6.58 Å². The molecule has 0 spiro atoms. The quantitative estimate of drug-likeness (QED) is 0.838. The predicted molar refractivity (Wildman–Crippen MR) is 72.1 cm³/mol. The van der Waals surface area contributed by atoms with Crippen LogP contribution in [0.25, 0.3) is 0 Å². The standard InChI is InChI=1S/C13H18N2OS/c1-11(2)7-8-15-9-10-17(14,16)13-6-4-3-5-12(13)15/h3-6,14H,1,7-10H2,2H3. The third-order valence-electron chi connectivity index (χ3n) is 3.02. The molecule has 1 aliphatic rings. The van der Waals surface area contributed by atoms with Crippen molar-refractivity contribution in [3.05, 3.63) is 36.4 Å². The van der Waals surface area contributed by atoms with E-state index in [9.17, 15) is 4.21 Å². The highest BCUT2D eigenvalue weighted by atomic mass is 32.2. The van der Waals surface area contributed by atoms with Gasteiger partial charge in [0.15, 0.2) is 0 Å². The number of hydrogen-bond donors (Lipinski definition) is 1. The highest BCUT2D eigenvalue weighted by Gasteiger charge is 2.24. The van der Waals surface area contributed by atoms with E-state index in [1.807, 2.05) is 31.2 Å². The van der Waals surface area contributed by atoms with Crippen molar-refractivity contribution in [1.82, 2.24) is 0 Å². The Hall–Kier alpha value is -1.29. The SMILES string of the molecule is C=C(C)CCN1CCS(=N)(=O)c2ccccc21. The summed E-state index contributed by atoms with van der Waals surface area (Å²) in [6.07, 6.45) is 0.938. The molecule has 1 heterocycles. The maximum absolute atomic E-state index is 12.1. The lowest BCUT2D eigenvalue weighted by Crippen LogP contribution is -2.35. The van der Waals surface area contributed by atoms with Crippen molar-refractivity contribution in [3.63, 3.8) is 0 Å². The molecular weight excluding hydrogens is 232 g/mol. The molecule has 17 heavy (non-hydrogen) atoms. The summed E-state index contributed by atoms with van der Waals surface area (Å²) in [6, 6.07) is 7.57. The highest BCUT2D eigenvalue weighted by Crippen LogP contribution is 2.30. The van der Waals surface area contributed by atoms with Crippen molar-refractivity contribution in [1.29, 1.82) is 4.78 Å². The fourth-order valence-electron chi connectivity index (χ4n) is 2.02. The van der Waals surface area contributed by atoms with Crippen molar-refractivity contribution < 1.29 is 4.21 Å². The summed E-state index contributed by atoms with van der Waals surface area (Å²) in [6.45, 7) is 7.51. The number of hydrogen-bond acceptors (Lipinski definition) is 3. The fourth-order valence-corrected chi connectivity index (χ4v) is 3.56. The van der Waals surface area contributed by atoms with E-state index in [1.165, 1.54) is 0 Å². The second-order valence-electron chi connectivity index (χ2n) is 4.54. The van der Waals surface area contributed by atoms with Crippen LogP contribution in [-0.2, 0) is 9.73 Å². The van der Waals surface area contributed by atoms with E-state index in [2.05, 4.69) is 11.5 Å². The number of nitrogens with one attached hydrogen (secondary N) is 1. The molecule has 1 N–H and O–H groups in total. The predicted octanol–water partition coefficient (Wildman–Crippen LogP) is 2.88. The van der Waals surface area contributed by atoms with E-state index in [4.69, 9.17) is 4.78 Å². The number of fused-ring (bicyclic) bond motifs is 1. The fraction of sp³-hybridized carbons (Fsp3) is 0.385. The molecule has 92 valence electrons. The van der Waals surface area contributed by atoms with Crippen molar-refractivity contribution in [2.45, 2.75) is 18.2 Å². The number of benzene rings is 1. The molecule has 0 radical (unpaired) electrons. The zero-order valence-electron chi connectivity index (χ0n) is 10.1. The van der Waals surface area contributed by atoms with Crippen LogP contribution in [0.4, 0.5) is 5.69 Å². The second-order valence-corrected chi connectivity index (χ2v) is 6.74. The molecule has 1 atom stereocenters. The van der Waals surface area contributed by atoms with Crippen LogP contribution in [-0.4, -0.2) is 23.1 Å². The number of nitrogens with zero attached hydrogens (tertiary/aromatic N) is 1. The largest absolute Gasteiger partial charge is 0.369 e. The Morgan fingerprint density at radius 3 is 2.94 bits per heavy atom. The van der Waals surface area contributed by atoms with Crippen molar-refractivity contribution in [3.8, 4) is 0 Å². The van der Waals surface area contributed by atoms with Crippen LogP contribution in [0.15, 0.2) is 41.3 Å². The second kappa shape index (κ2) is 4.53. The number of rotatable bonds is 3. The minimum absolute atomic E-state index is 0.431. The normalized spacial score (nSPS) is 23.2. The Bertz CT molecular complexity index is 534. The summed E-state index contributed by atoms with van der Waals surface area (Å²) in [4.78, 5) is 2.90. The molecule has 4 heteroatoms. The monoisotopic (exact) mass is 250 g/mol. The molecule has 1 unspecified atom stereocenters. The van der Waals surface area contributed by atoms with Gasteiger partial charge in [0, 0.05) is 13.1 Å². The summed E-state index contributed by atoms with van der Waals surface area (Å²) in [5.74, 6) is 0.431. The lowest BCUT2D eigenvalue weighted by Gasteiger charge is -2.32. The van der Waals surface area contributed by atoms with Gasteiger partial charge < -0.3 is 4.90 Å². The van der Waals surface area contributed by atoms with Gasteiger partial charge >= 0.3 is 0 Å². The van der Waals surface area contributed by atoms with Gasteiger partial charge in [0.2, 0.25) is 0 Å². The molecule has 1 aliphatic heterocycles. The molecule has 0 bridgehead atoms. The first-order chi connectivity index (χ1) is 8.00. The Morgan fingerprint density at radius 1 is 1.53 bits per heavy atom. The van der Waals surface area contributed by atoms with Crippen LogP contribution in [0.2, 0.25) is 0 Å². The molecule has 0 saturated carbocycles. The molecule has 0 aliphatic carbocycles. The summed E-state index contributed by atoms with van der Waals surface area (Å²) in [7, 11) is -2.58. The highest BCUT2D eigenvalue weighted by molar-refractivity contribution is 7.92. The average molecular weight is 250 g/mol. The van der Waals surface area contributed by atoms with Gasteiger partial charge in [-0.25, -0.2) is 8.99 Å². The third kappa shape index (κ3) is 2.52. The van der Waals surface area contributed by atoms with Crippen LogP contribution in [0, 0.1) is 4.78 Å². The third-order valence-corrected chi connectivity index (χ3v) is 4.83. The van der Waals surface area contributed by atoms with E-state index >= 15 is 0 Å². The van der Waals surface area contributed by atoms with Crippen LogP contribution < -0.4 is 4.90 Å². The molecule has 3 nitrogen and oxygen atoms in total. The van der Waals surface area contributed by atoms with E-state index in [0.29, 0.717) is 17.2 Å². The molecule has 0 saturated heterocycles. The van der Waals surface area contributed by atoms with E-state index in [1.54, 1.807) is 0 Å². The maximum atomic E-state index is 12.1. The molecule has 1 aromatic rings. The van der Waals surface area contributed by atoms with Crippen LogP contribution >= 0.6 is 0 Å². The van der Waals surface area contributed by atoms with Crippen LogP contribution in [0.3, 0.4) is 0 Å². The average Bonchev–Trinajstić information content (AvgIpc) is 2.28. The first kappa shape index (κ1) is 12.2. The summed E-state index contributed by atoms with van der Waals surface area (Å²) >= 11 is 0. The zero-order valence-corrected chi connectivity index (χ0v) is 10.9. The van der Waals surface area contributed by atoms with Gasteiger partial charge in [-0.1, -0.05) is 17.7 Å². The smallest absolute Gasteiger partial charge is 0.0764 e. The maximum Gasteiger partial charge on any atom is 0.0764 e. The minimum atomic E-state index is -2.58. The van der Waals surface area contributed by atoms with Gasteiger partial charge in [-0.3, -0.25) is 0 Å². The first-order valence-electron chi connectivity index (χ1n) is 5.75. The molecule has 1 aromatic carbocycles. The summed E-state index contributed by atoms with van der Waals surface area (Å²) in [5.41, 5.74) is 2.11. The van der Waals surface area contributed by atoms with Crippen LogP contribution in [0.1, 0.15) is 13.3 Å². The molecule has 2 rings (SSSR count). The van der Waals surface area contributed by atoms with Gasteiger partial charge in [0.25, 0.3) is 0 Å².